The summed E-state index contributed by atoms with van der Waals surface area (Å²) in [5.41, 5.74) is 1.90. The molecule has 1 aliphatic rings. The molecule has 5 rings (SSSR count). The Balaban J connectivity index is 1.41. The first-order valence-electron chi connectivity index (χ1n) is 14.2. The Hall–Kier alpha value is -4.44. The van der Waals surface area contributed by atoms with E-state index in [1.165, 1.54) is 6.07 Å². The summed E-state index contributed by atoms with van der Waals surface area (Å²) in [6.07, 6.45) is -2.72. The van der Waals surface area contributed by atoms with Crippen molar-refractivity contribution in [1.29, 1.82) is 0 Å². The van der Waals surface area contributed by atoms with Crippen molar-refractivity contribution in [2.75, 3.05) is 13.2 Å². The van der Waals surface area contributed by atoms with E-state index in [-0.39, 0.29) is 29.0 Å². The van der Waals surface area contributed by atoms with Crippen LogP contribution in [-0.2, 0) is 12.8 Å². The molecule has 0 saturated carbocycles. The quantitative estimate of drug-likeness (QED) is 0.199. The molecule has 0 unspecified atom stereocenters. The molecule has 4 aromatic rings. The van der Waals surface area contributed by atoms with Crippen LogP contribution in [0, 0.1) is 5.82 Å². The zero-order valence-corrected chi connectivity index (χ0v) is 24.4. The molecule has 4 aromatic carbocycles. The molecule has 1 heterocycles. The smallest absolute Gasteiger partial charge is 0.253 e. The number of aliphatic hydroxyl groups excluding tert-OH is 2. The molecule has 0 fully saturated rings. The maximum Gasteiger partial charge on any atom is 0.253 e. The first-order valence-corrected chi connectivity index (χ1v) is 14.6. The SMILES string of the molecule is O=C(N[C@@H](Cc1ccccc1)[C@@H](O)[C@H](O)[C@H](Cc1ccccc1)NC(=O)c1ccc(F)cc1Cl)c1ccc2c(c1)OCCO2. The van der Waals surface area contributed by atoms with E-state index in [2.05, 4.69) is 10.6 Å². The van der Waals surface area contributed by atoms with E-state index < -0.39 is 41.9 Å². The van der Waals surface area contributed by atoms with Crippen molar-refractivity contribution >= 4 is 23.4 Å². The summed E-state index contributed by atoms with van der Waals surface area (Å²) < 4.78 is 24.8. The van der Waals surface area contributed by atoms with Crippen LogP contribution in [0.25, 0.3) is 0 Å². The first-order chi connectivity index (χ1) is 21.3. The van der Waals surface area contributed by atoms with Crippen LogP contribution in [0.15, 0.2) is 97.1 Å². The molecule has 228 valence electrons. The van der Waals surface area contributed by atoms with Crippen molar-refractivity contribution < 1.29 is 33.7 Å². The summed E-state index contributed by atoms with van der Waals surface area (Å²) in [5, 5.41) is 28.7. The Morgan fingerprint density at radius 3 is 1.84 bits per heavy atom. The molecular formula is C34H32ClFN2O6. The average Bonchev–Trinajstić information content (AvgIpc) is 3.04. The lowest BCUT2D eigenvalue weighted by atomic mass is 9.90. The summed E-state index contributed by atoms with van der Waals surface area (Å²) in [6, 6.07) is 24.6. The molecular weight excluding hydrogens is 587 g/mol. The fourth-order valence-electron chi connectivity index (χ4n) is 5.08. The number of nitrogens with one attached hydrogen (secondary N) is 2. The van der Waals surface area contributed by atoms with Gasteiger partial charge < -0.3 is 30.3 Å². The monoisotopic (exact) mass is 618 g/mol. The molecule has 44 heavy (non-hydrogen) atoms. The van der Waals surface area contributed by atoms with Crippen LogP contribution in [0.3, 0.4) is 0 Å². The molecule has 4 N–H and O–H groups in total. The molecule has 10 heteroatoms. The zero-order valence-electron chi connectivity index (χ0n) is 23.7. The number of aliphatic hydroxyl groups is 2. The van der Waals surface area contributed by atoms with Crippen LogP contribution in [0.5, 0.6) is 11.5 Å². The lowest BCUT2D eigenvalue weighted by molar-refractivity contribution is -0.0219. The van der Waals surface area contributed by atoms with Gasteiger partial charge in [0.05, 0.1) is 22.7 Å². The molecule has 0 aromatic heterocycles. The minimum Gasteiger partial charge on any atom is -0.486 e. The molecule has 0 spiro atoms. The molecule has 2 amide bonds. The number of rotatable bonds is 11. The Morgan fingerprint density at radius 2 is 1.27 bits per heavy atom. The van der Waals surface area contributed by atoms with Crippen molar-refractivity contribution in [2.24, 2.45) is 0 Å². The van der Waals surface area contributed by atoms with Gasteiger partial charge in [-0.05, 0) is 60.4 Å². The molecule has 0 saturated heterocycles. The van der Waals surface area contributed by atoms with Crippen molar-refractivity contribution in [1.82, 2.24) is 10.6 Å². The third-order valence-corrected chi connectivity index (χ3v) is 7.70. The van der Waals surface area contributed by atoms with Gasteiger partial charge in [0.1, 0.15) is 31.2 Å². The van der Waals surface area contributed by atoms with Crippen LogP contribution in [-0.4, -0.2) is 59.5 Å². The number of amides is 2. The standard InChI is InChI=1S/C34H32ClFN2O6/c35-26-20-24(36)12-13-25(26)34(42)38-28(18-22-9-5-2-6-10-22)32(40)31(39)27(17-21-7-3-1-4-8-21)37-33(41)23-11-14-29-30(19-23)44-16-15-43-29/h1-14,19-20,27-28,31-32,39-40H,15-18H2,(H,37,41)(H,38,42)/t27-,28-,31+,32+/m0/s1. The number of carbonyl (C=O) groups is 2. The van der Waals surface area contributed by atoms with Gasteiger partial charge in [-0.25, -0.2) is 4.39 Å². The van der Waals surface area contributed by atoms with Gasteiger partial charge in [0, 0.05) is 5.56 Å². The van der Waals surface area contributed by atoms with Gasteiger partial charge in [-0.2, -0.15) is 0 Å². The summed E-state index contributed by atoms with van der Waals surface area (Å²) >= 11 is 6.13. The third-order valence-electron chi connectivity index (χ3n) is 7.38. The normalized spacial score (nSPS) is 15.0. The highest BCUT2D eigenvalue weighted by Crippen LogP contribution is 2.31. The molecule has 0 radical (unpaired) electrons. The second-order valence-corrected chi connectivity index (χ2v) is 10.9. The minimum absolute atomic E-state index is 0.0144. The van der Waals surface area contributed by atoms with E-state index in [0.29, 0.717) is 24.7 Å². The van der Waals surface area contributed by atoms with E-state index in [1.807, 2.05) is 60.7 Å². The summed E-state index contributed by atoms with van der Waals surface area (Å²) in [4.78, 5) is 26.7. The van der Waals surface area contributed by atoms with Crippen molar-refractivity contribution in [3.05, 3.63) is 130 Å². The number of ether oxygens (including phenoxy) is 2. The summed E-state index contributed by atoms with van der Waals surface area (Å²) in [7, 11) is 0. The van der Waals surface area contributed by atoms with Crippen molar-refractivity contribution in [3.63, 3.8) is 0 Å². The van der Waals surface area contributed by atoms with E-state index in [4.69, 9.17) is 21.1 Å². The number of benzene rings is 4. The van der Waals surface area contributed by atoms with Crippen LogP contribution in [0.1, 0.15) is 31.8 Å². The Kier molecular flexibility index (Phi) is 10.1. The lowest BCUT2D eigenvalue weighted by Gasteiger charge is -2.33. The molecule has 8 nitrogen and oxygen atoms in total. The Morgan fingerprint density at radius 1 is 0.727 bits per heavy atom. The highest BCUT2D eigenvalue weighted by Gasteiger charge is 2.35. The fourth-order valence-corrected chi connectivity index (χ4v) is 5.34. The predicted molar refractivity (Wildman–Crippen MR) is 164 cm³/mol. The summed E-state index contributed by atoms with van der Waals surface area (Å²) in [6.45, 7) is 0.771. The molecule has 0 bridgehead atoms. The Labute approximate surface area is 259 Å². The Bertz CT molecular complexity index is 1590. The van der Waals surface area contributed by atoms with Crippen LogP contribution in [0.2, 0.25) is 5.02 Å². The van der Waals surface area contributed by atoms with E-state index >= 15 is 0 Å². The van der Waals surface area contributed by atoms with Gasteiger partial charge in [-0.1, -0.05) is 72.3 Å². The van der Waals surface area contributed by atoms with Crippen molar-refractivity contribution in [3.8, 4) is 11.5 Å². The van der Waals surface area contributed by atoms with Gasteiger partial charge >= 0.3 is 0 Å². The lowest BCUT2D eigenvalue weighted by Crippen LogP contribution is -2.57. The van der Waals surface area contributed by atoms with E-state index in [9.17, 15) is 24.2 Å². The summed E-state index contributed by atoms with van der Waals surface area (Å²) in [5.74, 6) is -0.766. The van der Waals surface area contributed by atoms with E-state index in [0.717, 1.165) is 23.3 Å². The fraction of sp³-hybridized carbons (Fsp3) is 0.235. The molecule has 4 atom stereocenters. The highest BCUT2D eigenvalue weighted by molar-refractivity contribution is 6.33. The van der Waals surface area contributed by atoms with Crippen LogP contribution < -0.4 is 20.1 Å². The third kappa shape index (κ3) is 7.74. The van der Waals surface area contributed by atoms with Gasteiger partial charge in [0.15, 0.2) is 11.5 Å². The second-order valence-electron chi connectivity index (χ2n) is 10.5. The first kappa shape index (κ1) is 31.0. The van der Waals surface area contributed by atoms with Gasteiger partial charge in [-0.15, -0.1) is 0 Å². The highest BCUT2D eigenvalue weighted by atomic mass is 35.5. The maximum absolute atomic E-state index is 13.6. The average molecular weight is 619 g/mol. The van der Waals surface area contributed by atoms with Gasteiger partial charge in [0.25, 0.3) is 11.8 Å². The topological polar surface area (TPSA) is 117 Å². The maximum atomic E-state index is 13.6. The largest absolute Gasteiger partial charge is 0.486 e. The van der Waals surface area contributed by atoms with Crippen molar-refractivity contribution in [2.45, 2.75) is 37.1 Å². The molecule has 0 aliphatic carbocycles. The number of fused-ring (bicyclic) bond motifs is 1. The minimum atomic E-state index is -1.53. The van der Waals surface area contributed by atoms with Gasteiger partial charge in [0.2, 0.25) is 0 Å². The number of hydrogen-bond acceptors (Lipinski definition) is 6. The number of carbonyl (C=O) groups excluding carboxylic acids is 2. The second kappa shape index (κ2) is 14.4. The zero-order chi connectivity index (χ0) is 31.1. The van der Waals surface area contributed by atoms with Gasteiger partial charge in [-0.3, -0.25) is 9.59 Å². The number of halogens is 2. The van der Waals surface area contributed by atoms with Crippen LogP contribution in [0.4, 0.5) is 4.39 Å². The predicted octanol–water partition coefficient (Wildman–Crippen LogP) is 4.35. The van der Waals surface area contributed by atoms with Crippen LogP contribution >= 0.6 is 11.6 Å². The number of hydrogen-bond donors (Lipinski definition) is 4. The van der Waals surface area contributed by atoms with E-state index in [1.54, 1.807) is 18.2 Å². The molecule has 1 aliphatic heterocycles.